The van der Waals surface area contributed by atoms with Crippen LogP contribution in [0.3, 0.4) is 0 Å². The van der Waals surface area contributed by atoms with E-state index in [1.165, 1.54) is 18.4 Å². The summed E-state index contributed by atoms with van der Waals surface area (Å²) in [5.74, 6) is 2.52. The van der Waals surface area contributed by atoms with Crippen molar-refractivity contribution >= 4 is 23.5 Å². The molecule has 2 N–H and O–H groups in total. The molecule has 0 bridgehead atoms. The molecular formula is C21H32N6O. The molecule has 4 rings (SSSR count). The molecular weight excluding hydrogens is 352 g/mol. The summed E-state index contributed by atoms with van der Waals surface area (Å²) < 4.78 is 0. The summed E-state index contributed by atoms with van der Waals surface area (Å²) in [6.07, 6.45) is 7.30. The summed E-state index contributed by atoms with van der Waals surface area (Å²) in [4.78, 5) is 28.1. The molecule has 1 aromatic rings. The van der Waals surface area contributed by atoms with Gasteiger partial charge in [0.15, 0.2) is 0 Å². The first kappa shape index (κ1) is 19.0. The fourth-order valence-electron chi connectivity index (χ4n) is 4.70. The Morgan fingerprint density at radius 2 is 1.71 bits per heavy atom. The number of rotatable bonds is 4. The van der Waals surface area contributed by atoms with Crippen molar-refractivity contribution in [3.05, 3.63) is 17.7 Å². The van der Waals surface area contributed by atoms with Gasteiger partial charge < -0.3 is 20.4 Å². The summed E-state index contributed by atoms with van der Waals surface area (Å²) in [7, 11) is 0. The number of nitrogen functional groups attached to an aromatic ring is 1. The van der Waals surface area contributed by atoms with Crippen LogP contribution in [0.15, 0.2) is 17.7 Å². The van der Waals surface area contributed by atoms with Crippen molar-refractivity contribution < 1.29 is 4.79 Å². The van der Waals surface area contributed by atoms with E-state index >= 15 is 0 Å². The molecule has 1 aromatic heterocycles. The van der Waals surface area contributed by atoms with E-state index in [0.717, 1.165) is 63.7 Å². The standard InChI is InChI=1S/C21H32N6O/c1-16(2)5-10-27-15-21(14-19(27)28)6-11-26(12-7-21)18-13-17(23-20(22)24-18)25-8-3-4-9-25/h5,13H,3-4,6-12,14-15H2,1-2H3,(H2,22,23,24). The molecule has 0 unspecified atom stereocenters. The first-order valence-electron chi connectivity index (χ1n) is 10.5. The molecule has 0 aliphatic carbocycles. The molecule has 7 heteroatoms. The smallest absolute Gasteiger partial charge is 0.223 e. The lowest BCUT2D eigenvalue weighted by atomic mass is 9.77. The maximum atomic E-state index is 12.5. The van der Waals surface area contributed by atoms with E-state index in [1.54, 1.807) is 0 Å². The lowest BCUT2D eigenvalue weighted by Crippen LogP contribution is -2.42. The number of amides is 1. The van der Waals surface area contributed by atoms with Crippen LogP contribution in [0, 0.1) is 5.41 Å². The minimum absolute atomic E-state index is 0.124. The average Bonchev–Trinajstić information content (AvgIpc) is 3.29. The molecule has 1 amide bonds. The Morgan fingerprint density at radius 1 is 1.11 bits per heavy atom. The van der Waals surface area contributed by atoms with Gasteiger partial charge in [-0.25, -0.2) is 0 Å². The van der Waals surface area contributed by atoms with Gasteiger partial charge in [0.2, 0.25) is 11.9 Å². The normalized spacial score (nSPS) is 21.6. The van der Waals surface area contributed by atoms with Crippen LogP contribution in [0.25, 0.3) is 0 Å². The van der Waals surface area contributed by atoms with Gasteiger partial charge in [-0.15, -0.1) is 0 Å². The lowest BCUT2D eigenvalue weighted by molar-refractivity contribution is -0.127. The van der Waals surface area contributed by atoms with Crippen molar-refractivity contribution in [2.75, 3.05) is 54.8 Å². The van der Waals surface area contributed by atoms with Crippen LogP contribution in [-0.4, -0.2) is 60.0 Å². The number of piperidine rings is 1. The van der Waals surface area contributed by atoms with Crippen LogP contribution in [-0.2, 0) is 4.79 Å². The van der Waals surface area contributed by atoms with Crippen LogP contribution in [0.4, 0.5) is 17.6 Å². The predicted octanol–water partition coefficient (Wildman–Crippen LogP) is 2.44. The molecule has 0 atom stereocenters. The molecule has 28 heavy (non-hydrogen) atoms. The zero-order valence-electron chi connectivity index (χ0n) is 17.2. The van der Waals surface area contributed by atoms with Gasteiger partial charge in [-0.3, -0.25) is 4.79 Å². The Balaban J connectivity index is 1.42. The number of hydrogen-bond acceptors (Lipinski definition) is 6. The fraction of sp³-hybridized carbons (Fsp3) is 0.667. The second kappa shape index (κ2) is 7.60. The van der Waals surface area contributed by atoms with Gasteiger partial charge in [0, 0.05) is 57.2 Å². The monoisotopic (exact) mass is 384 g/mol. The Kier molecular flexibility index (Phi) is 5.17. The predicted molar refractivity (Wildman–Crippen MR) is 112 cm³/mol. The third kappa shape index (κ3) is 3.93. The maximum Gasteiger partial charge on any atom is 0.223 e. The van der Waals surface area contributed by atoms with Crippen LogP contribution in [0.1, 0.15) is 46.0 Å². The Hall–Kier alpha value is -2.31. The molecule has 4 heterocycles. The van der Waals surface area contributed by atoms with Gasteiger partial charge >= 0.3 is 0 Å². The third-order valence-corrected chi connectivity index (χ3v) is 6.42. The van der Waals surface area contributed by atoms with E-state index in [2.05, 4.69) is 45.8 Å². The SMILES string of the molecule is CC(C)=CCN1CC2(CCN(c3cc(N4CCCC4)nc(N)n3)CC2)CC1=O. The number of hydrogen-bond donors (Lipinski definition) is 1. The Bertz CT molecular complexity index is 758. The second-order valence-corrected chi connectivity index (χ2v) is 8.86. The topological polar surface area (TPSA) is 78.6 Å². The van der Waals surface area contributed by atoms with Crippen LogP contribution >= 0.6 is 0 Å². The van der Waals surface area contributed by atoms with Crippen molar-refractivity contribution in [2.45, 2.75) is 46.0 Å². The molecule has 3 aliphatic rings. The molecule has 152 valence electrons. The summed E-state index contributed by atoms with van der Waals surface area (Å²) in [5.41, 5.74) is 7.40. The van der Waals surface area contributed by atoms with Crippen molar-refractivity contribution in [1.29, 1.82) is 0 Å². The van der Waals surface area contributed by atoms with E-state index in [0.29, 0.717) is 18.3 Å². The first-order valence-corrected chi connectivity index (χ1v) is 10.5. The zero-order chi connectivity index (χ0) is 19.7. The maximum absolute atomic E-state index is 12.5. The van der Waals surface area contributed by atoms with Crippen molar-refractivity contribution in [3.8, 4) is 0 Å². The van der Waals surface area contributed by atoms with Gasteiger partial charge in [-0.1, -0.05) is 11.6 Å². The van der Waals surface area contributed by atoms with Crippen LogP contribution in [0.2, 0.25) is 0 Å². The minimum atomic E-state index is 0.124. The number of carbonyl (C=O) groups excluding carboxylic acids is 1. The van der Waals surface area contributed by atoms with E-state index < -0.39 is 0 Å². The largest absolute Gasteiger partial charge is 0.368 e. The number of nitrogens with zero attached hydrogens (tertiary/aromatic N) is 5. The van der Waals surface area contributed by atoms with Crippen molar-refractivity contribution in [1.82, 2.24) is 14.9 Å². The number of likely N-dealkylation sites (tertiary alicyclic amines) is 1. The van der Waals surface area contributed by atoms with Crippen LogP contribution in [0.5, 0.6) is 0 Å². The second-order valence-electron chi connectivity index (χ2n) is 8.86. The molecule has 0 aromatic carbocycles. The number of nitrogens with two attached hydrogens (primary N) is 1. The Morgan fingerprint density at radius 3 is 2.32 bits per heavy atom. The quantitative estimate of drug-likeness (QED) is 0.804. The number of anilines is 3. The first-order chi connectivity index (χ1) is 13.4. The molecule has 3 fully saturated rings. The van der Waals surface area contributed by atoms with Gasteiger partial charge in [-0.05, 0) is 39.5 Å². The summed E-state index contributed by atoms with van der Waals surface area (Å²) in [6.45, 7) is 9.71. The summed E-state index contributed by atoms with van der Waals surface area (Å²) >= 11 is 0. The van der Waals surface area contributed by atoms with Gasteiger partial charge in [0.25, 0.3) is 0 Å². The molecule has 0 saturated carbocycles. The minimum Gasteiger partial charge on any atom is -0.368 e. The Labute approximate surface area is 167 Å². The highest BCUT2D eigenvalue weighted by molar-refractivity contribution is 5.79. The summed E-state index contributed by atoms with van der Waals surface area (Å²) in [6, 6.07) is 2.08. The van der Waals surface area contributed by atoms with E-state index in [9.17, 15) is 4.79 Å². The van der Waals surface area contributed by atoms with Crippen LogP contribution < -0.4 is 15.5 Å². The average molecular weight is 385 g/mol. The van der Waals surface area contributed by atoms with Gasteiger partial charge in [-0.2, -0.15) is 9.97 Å². The van der Waals surface area contributed by atoms with E-state index in [1.807, 2.05) is 4.90 Å². The molecule has 1 spiro atoms. The molecule has 3 aliphatic heterocycles. The van der Waals surface area contributed by atoms with E-state index in [4.69, 9.17) is 5.73 Å². The third-order valence-electron chi connectivity index (χ3n) is 6.42. The van der Waals surface area contributed by atoms with Gasteiger partial charge in [0.05, 0.1) is 0 Å². The highest BCUT2D eigenvalue weighted by atomic mass is 16.2. The molecule has 3 saturated heterocycles. The molecule has 0 radical (unpaired) electrons. The fourth-order valence-corrected chi connectivity index (χ4v) is 4.70. The number of allylic oxidation sites excluding steroid dienone is 1. The highest BCUT2D eigenvalue weighted by Crippen LogP contribution is 2.42. The van der Waals surface area contributed by atoms with E-state index in [-0.39, 0.29) is 5.41 Å². The molecule has 7 nitrogen and oxygen atoms in total. The number of aromatic nitrogens is 2. The highest BCUT2D eigenvalue weighted by Gasteiger charge is 2.44. The zero-order valence-corrected chi connectivity index (χ0v) is 17.2. The summed E-state index contributed by atoms with van der Waals surface area (Å²) in [5, 5.41) is 0. The number of carbonyl (C=O) groups is 1. The lowest BCUT2D eigenvalue weighted by Gasteiger charge is -2.39. The van der Waals surface area contributed by atoms with Crippen molar-refractivity contribution in [2.24, 2.45) is 5.41 Å². The van der Waals surface area contributed by atoms with Crippen molar-refractivity contribution in [3.63, 3.8) is 0 Å². The van der Waals surface area contributed by atoms with Gasteiger partial charge in [0.1, 0.15) is 11.6 Å².